The van der Waals surface area contributed by atoms with E-state index >= 15 is 0 Å². The molecule has 1 heterocycles. The van der Waals surface area contributed by atoms with Gasteiger partial charge < -0.3 is 15.4 Å². The van der Waals surface area contributed by atoms with Crippen LogP contribution >= 0.6 is 35.3 Å². The number of benzene rings is 1. The zero-order chi connectivity index (χ0) is 16.5. The van der Waals surface area contributed by atoms with Crippen molar-refractivity contribution in [2.75, 3.05) is 20.2 Å². The third-order valence-electron chi connectivity index (χ3n) is 3.47. The number of ether oxygens (including phenoxy) is 1. The Morgan fingerprint density at radius 3 is 2.71 bits per heavy atom. The van der Waals surface area contributed by atoms with E-state index in [2.05, 4.69) is 59.1 Å². The Morgan fingerprint density at radius 2 is 2.08 bits per heavy atom. The quantitative estimate of drug-likeness (QED) is 0.374. The molecule has 132 valence electrons. The number of halogens is 1. The van der Waals surface area contributed by atoms with E-state index < -0.39 is 0 Å². The molecule has 0 amide bonds. The Kier molecular flexibility index (Phi) is 9.78. The second-order valence-corrected chi connectivity index (χ2v) is 6.29. The highest BCUT2D eigenvalue weighted by molar-refractivity contribution is 14.0. The number of nitrogens with zero attached hydrogens (tertiary/aromatic N) is 1. The molecule has 6 heteroatoms. The molecule has 0 unspecified atom stereocenters. The molecule has 2 rings (SSSR count). The molecule has 24 heavy (non-hydrogen) atoms. The van der Waals surface area contributed by atoms with Gasteiger partial charge in [0, 0.05) is 18.0 Å². The summed E-state index contributed by atoms with van der Waals surface area (Å²) in [4.78, 5) is 6.04. The first-order chi connectivity index (χ1) is 11.2. The Bertz CT molecular complexity index is 629. The van der Waals surface area contributed by atoms with Gasteiger partial charge in [0.25, 0.3) is 0 Å². The highest BCUT2D eigenvalue weighted by Gasteiger charge is 2.01. The van der Waals surface area contributed by atoms with E-state index in [4.69, 9.17) is 4.74 Å². The smallest absolute Gasteiger partial charge is 0.191 e. The van der Waals surface area contributed by atoms with E-state index in [1.54, 1.807) is 18.4 Å². The average molecular weight is 459 g/mol. The molecule has 2 aromatic rings. The summed E-state index contributed by atoms with van der Waals surface area (Å²) in [5.74, 6) is 1.77. The summed E-state index contributed by atoms with van der Waals surface area (Å²) >= 11 is 1.79. The first-order valence-corrected chi connectivity index (χ1v) is 8.79. The van der Waals surface area contributed by atoms with Crippen molar-refractivity contribution in [2.24, 2.45) is 4.99 Å². The first-order valence-electron chi connectivity index (χ1n) is 7.91. The van der Waals surface area contributed by atoms with Crippen LogP contribution < -0.4 is 15.4 Å². The molecule has 0 aliphatic rings. The predicted molar refractivity (Wildman–Crippen MR) is 114 cm³/mol. The molecule has 0 fully saturated rings. The number of hydrogen-bond acceptors (Lipinski definition) is 3. The van der Waals surface area contributed by atoms with Crippen molar-refractivity contribution >= 4 is 41.3 Å². The lowest BCUT2D eigenvalue weighted by Crippen LogP contribution is -2.38. The molecule has 2 N–H and O–H groups in total. The second-order valence-electron chi connectivity index (χ2n) is 5.26. The van der Waals surface area contributed by atoms with Crippen molar-refractivity contribution in [3.63, 3.8) is 0 Å². The summed E-state index contributed by atoms with van der Waals surface area (Å²) in [5.41, 5.74) is 2.31. The largest absolute Gasteiger partial charge is 0.496 e. The lowest BCUT2D eigenvalue weighted by Gasteiger charge is -2.11. The Morgan fingerprint density at radius 1 is 1.25 bits per heavy atom. The van der Waals surface area contributed by atoms with Crippen LogP contribution in [-0.2, 0) is 13.0 Å². The van der Waals surface area contributed by atoms with Crippen LogP contribution in [0.2, 0.25) is 0 Å². The molecule has 0 spiro atoms. The van der Waals surface area contributed by atoms with E-state index in [1.807, 2.05) is 6.07 Å². The van der Waals surface area contributed by atoms with Gasteiger partial charge in [-0.25, -0.2) is 4.99 Å². The summed E-state index contributed by atoms with van der Waals surface area (Å²) in [7, 11) is 1.70. The predicted octanol–water partition coefficient (Wildman–Crippen LogP) is 3.98. The zero-order valence-electron chi connectivity index (χ0n) is 14.5. The van der Waals surface area contributed by atoms with Gasteiger partial charge in [-0.3, -0.25) is 0 Å². The van der Waals surface area contributed by atoms with Crippen LogP contribution in [-0.4, -0.2) is 26.2 Å². The van der Waals surface area contributed by atoms with E-state index in [0.29, 0.717) is 6.54 Å². The summed E-state index contributed by atoms with van der Waals surface area (Å²) in [6.45, 7) is 6.52. The van der Waals surface area contributed by atoms with Crippen LogP contribution in [0.5, 0.6) is 5.75 Å². The molecule has 0 aliphatic carbocycles. The van der Waals surface area contributed by atoms with E-state index in [-0.39, 0.29) is 24.0 Å². The molecule has 0 radical (unpaired) electrons. The van der Waals surface area contributed by atoms with Gasteiger partial charge in [0.1, 0.15) is 5.75 Å². The first kappa shape index (κ1) is 20.8. The minimum Gasteiger partial charge on any atom is -0.496 e. The summed E-state index contributed by atoms with van der Waals surface area (Å²) in [5, 5.41) is 8.79. The van der Waals surface area contributed by atoms with E-state index in [1.165, 1.54) is 10.4 Å². The molecule has 0 atom stereocenters. The highest BCUT2D eigenvalue weighted by atomic mass is 127. The molecular formula is C18H26IN3OS. The van der Waals surface area contributed by atoms with Gasteiger partial charge in [0.15, 0.2) is 5.96 Å². The van der Waals surface area contributed by atoms with Crippen molar-refractivity contribution in [3.05, 3.63) is 51.7 Å². The standard InChI is InChI=1S/C18H25N3OS.HI/c1-4-19-18(20-10-9-16-6-5-11-23-16)21-13-15-7-8-17(22-3)14(2)12-15;/h5-8,11-12H,4,9-10,13H2,1-3H3,(H2,19,20,21);1H. The summed E-state index contributed by atoms with van der Waals surface area (Å²) in [6, 6.07) is 10.4. The lowest BCUT2D eigenvalue weighted by molar-refractivity contribution is 0.411. The summed E-state index contributed by atoms with van der Waals surface area (Å²) in [6.07, 6.45) is 1.02. The van der Waals surface area contributed by atoms with Gasteiger partial charge in [-0.1, -0.05) is 18.2 Å². The van der Waals surface area contributed by atoms with Crippen LogP contribution in [0.4, 0.5) is 0 Å². The van der Waals surface area contributed by atoms with Crippen molar-refractivity contribution in [2.45, 2.75) is 26.8 Å². The Balaban J connectivity index is 0.00000288. The molecule has 1 aromatic carbocycles. The maximum absolute atomic E-state index is 5.29. The fourth-order valence-corrected chi connectivity index (χ4v) is 3.02. The lowest BCUT2D eigenvalue weighted by atomic mass is 10.1. The number of thiophene rings is 1. The molecule has 0 aliphatic heterocycles. The number of guanidine groups is 1. The molecule has 0 saturated heterocycles. The molecule has 0 saturated carbocycles. The SMILES string of the molecule is CCNC(=NCc1ccc(OC)c(C)c1)NCCc1cccs1.I. The van der Waals surface area contributed by atoms with Gasteiger partial charge in [-0.05, 0) is 48.9 Å². The maximum atomic E-state index is 5.29. The van der Waals surface area contributed by atoms with Crippen LogP contribution in [0.3, 0.4) is 0 Å². The van der Waals surface area contributed by atoms with Crippen molar-refractivity contribution in [3.8, 4) is 5.75 Å². The molecule has 4 nitrogen and oxygen atoms in total. The Hall–Kier alpha value is -1.28. The number of nitrogens with one attached hydrogen (secondary N) is 2. The van der Waals surface area contributed by atoms with Crippen LogP contribution in [0.1, 0.15) is 22.9 Å². The highest BCUT2D eigenvalue weighted by Crippen LogP contribution is 2.18. The maximum Gasteiger partial charge on any atom is 0.191 e. The van der Waals surface area contributed by atoms with Crippen molar-refractivity contribution < 1.29 is 4.74 Å². The average Bonchev–Trinajstić information content (AvgIpc) is 3.06. The van der Waals surface area contributed by atoms with Crippen molar-refractivity contribution in [1.82, 2.24) is 10.6 Å². The fraction of sp³-hybridized carbons (Fsp3) is 0.389. The third-order valence-corrected chi connectivity index (χ3v) is 4.40. The number of hydrogen-bond donors (Lipinski definition) is 2. The minimum absolute atomic E-state index is 0. The van der Waals surface area contributed by atoms with Gasteiger partial charge in [0.2, 0.25) is 0 Å². The second kappa shape index (κ2) is 11.3. The number of rotatable bonds is 7. The van der Waals surface area contributed by atoms with Gasteiger partial charge >= 0.3 is 0 Å². The van der Waals surface area contributed by atoms with Gasteiger partial charge in [-0.15, -0.1) is 35.3 Å². The van der Waals surface area contributed by atoms with Crippen molar-refractivity contribution in [1.29, 1.82) is 0 Å². The van der Waals surface area contributed by atoms with Crippen LogP contribution in [0, 0.1) is 6.92 Å². The number of methoxy groups -OCH3 is 1. The normalized spacial score (nSPS) is 10.9. The number of aryl methyl sites for hydroxylation is 1. The van der Waals surface area contributed by atoms with E-state index in [0.717, 1.165) is 36.8 Å². The number of aliphatic imine (C=N–C) groups is 1. The topological polar surface area (TPSA) is 45.7 Å². The van der Waals surface area contributed by atoms with Gasteiger partial charge in [-0.2, -0.15) is 0 Å². The summed E-state index contributed by atoms with van der Waals surface area (Å²) < 4.78 is 5.29. The minimum atomic E-state index is 0. The van der Waals surface area contributed by atoms with Gasteiger partial charge in [0.05, 0.1) is 13.7 Å². The monoisotopic (exact) mass is 459 g/mol. The molecular weight excluding hydrogens is 433 g/mol. The molecule has 0 bridgehead atoms. The van der Waals surface area contributed by atoms with Crippen LogP contribution in [0.15, 0.2) is 40.7 Å². The van der Waals surface area contributed by atoms with E-state index in [9.17, 15) is 0 Å². The zero-order valence-corrected chi connectivity index (χ0v) is 17.6. The third kappa shape index (κ3) is 6.68. The molecule has 1 aromatic heterocycles. The van der Waals surface area contributed by atoms with Crippen LogP contribution in [0.25, 0.3) is 0 Å². The fourth-order valence-electron chi connectivity index (χ4n) is 2.31. The Labute approximate surface area is 165 Å².